The van der Waals surface area contributed by atoms with E-state index < -0.39 is 17.2 Å². The van der Waals surface area contributed by atoms with Gasteiger partial charge in [0.05, 0.1) is 22.7 Å². The van der Waals surface area contributed by atoms with E-state index in [4.69, 9.17) is 10.4 Å². The molecule has 1 aromatic carbocycles. The van der Waals surface area contributed by atoms with Crippen LogP contribution in [0.2, 0.25) is 0 Å². The number of hydrogen-bond acceptors (Lipinski definition) is 3. The first kappa shape index (κ1) is 13.3. The van der Waals surface area contributed by atoms with E-state index in [9.17, 15) is 9.18 Å². The largest absolute Gasteiger partial charge is 0.481 e. The molecule has 0 amide bonds. The number of nitriles is 1. The Labute approximate surface area is 111 Å². The minimum Gasteiger partial charge on any atom is -0.481 e. The van der Waals surface area contributed by atoms with Gasteiger partial charge in [0.25, 0.3) is 0 Å². The fourth-order valence-corrected chi connectivity index (χ4v) is 2.29. The Morgan fingerprint density at radius 2 is 2.11 bits per heavy atom. The summed E-state index contributed by atoms with van der Waals surface area (Å²) in [6.45, 7) is 2.74. The van der Waals surface area contributed by atoms with Crippen molar-refractivity contribution in [1.82, 2.24) is 0 Å². The van der Waals surface area contributed by atoms with E-state index in [1.54, 1.807) is 19.1 Å². The summed E-state index contributed by atoms with van der Waals surface area (Å²) in [5, 5.41) is 17.8. The van der Waals surface area contributed by atoms with Crippen molar-refractivity contribution in [2.45, 2.75) is 19.8 Å². The minimum absolute atomic E-state index is 0.286. The summed E-state index contributed by atoms with van der Waals surface area (Å²) in [5.74, 6) is -1.23. The molecule has 0 bridgehead atoms. The molecule has 1 aliphatic rings. The molecule has 0 aromatic heterocycles. The zero-order valence-corrected chi connectivity index (χ0v) is 10.7. The van der Waals surface area contributed by atoms with Crippen LogP contribution in [0.5, 0.6) is 0 Å². The second kappa shape index (κ2) is 4.88. The Balaban J connectivity index is 2.14. The predicted octanol–water partition coefficient (Wildman–Crippen LogP) is 2.39. The maximum atomic E-state index is 13.9. The highest BCUT2D eigenvalue weighted by molar-refractivity contribution is 5.74. The molecule has 4 nitrogen and oxygen atoms in total. The van der Waals surface area contributed by atoms with Gasteiger partial charge in [-0.25, -0.2) is 4.39 Å². The van der Waals surface area contributed by atoms with Crippen LogP contribution in [0.3, 0.4) is 0 Å². The molecule has 2 rings (SSSR count). The molecule has 0 atom stereocenters. The van der Waals surface area contributed by atoms with Gasteiger partial charge in [0.15, 0.2) is 0 Å². The highest BCUT2D eigenvalue weighted by Crippen LogP contribution is 2.34. The molecule has 0 aliphatic carbocycles. The lowest BCUT2D eigenvalue weighted by atomic mass is 9.80. The summed E-state index contributed by atoms with van der Waals surface area (Å²) in [7, 11) is 0. The number of halogens is 1. The average molecular weight is 262 g/mol. The zero-order chi connectivity index (χ0) is 14.0. The maximum absolute atomic E-state index is 13.9. The monoisotopic (exact) mass is 262 g/mol. The highest BCUT2D eigenvalue weighted by Gasteiger charge is 2.37. The van der Waals surface area contributed by atoms with Crippen LogP contribution >= 0.6 is 0 Å². The van der Waals surface area contributed by atoms with E-state index in [0.717, 1.165) is 0 Å². The third-order valence-corrected chi connectivity index (χ3v) is 3.80. The maximum Gasteiger partial charge on any atom is 0.309 e. The fourth-order valence-electron chi connectivity index (χ4n) is 2.29. The van der Waals surface area contributed by atoms with Gasteiger partial charge in [-0.2, -0.15) is 5.26 Å². The van der Waals surface area contributed by atoms with E-state index in [2.05, 4.69) is 0 Å². The Hall–Kier alpha value is -2.09. The van der Waals surface area contributed by atoms with Crippen LogP contribution < -0.4 is 4.90 Å². The number of benzene rings is 1. The van der Waals surface area contributed by atoms with Crippen molar-refractivity contribution in [3.8, 4) is 6.07 Å². The number of carboxylic acid groups (broad SMARTS) is 1. The summed E-state index contributed by atoms with van der Waals surface area (Å²) >= 11 is 0. The van der Waals surface area contributed by atoms with E-state index in [0.29, 0.717) is 31.6 Å². The van der Waals surface area contributed by atoms with Crippen molar-refractivity contribution < 1.29 is 14.3 Å². The molecule has 1 fully saturated rings. The van der Waals surface area contributed by atoms with E-state index in [1.165, 1.54) is 6.07 Å². The Morgan fingerprint density at radius 3 is 2.58 bits per heavy atom. The van der Waals surface area contributed by atoms with Crippen molar-refractivity contribution in [2.75, 3.05) is 18.0 Å². The molecule has 1 heterocycles. The number of piperidine rings is 1. The van der Waals surface area contributed by atoms with Gasteiger partial charge in [-0.05, 0) is 38.0 Å². The van der Waals surface area contributed by atoms with Crippen LogP contribution in [0.25, 0.3) is 0 Å². The van der Waals surface area contributed by atoms with Crippen molar-refractivity contribution in [3.63, 3.8) is 0 Å². The minimum atomic E-state index is -0.799. The molecule has 0 unspecified atom stereocenters. The zero-order valence-electron chi connectivity index (χ0n) is 10.7. The van der Waals surface area contributed by atoms with Gasteiger partial charge in [-0.1, -0.05) is 0 Å². The third kappa shape index (κ3) is 2.53. The molecule has 1 saturated heterocycles. The van der Waals surface area contributed by atoms with Gasteiger partial charge in [-0.15, -0.1) is 0 Å². The average Bonchev–Trinajstić information content (AvgIpc) is 2.40. The van der Waals surface area contributed by atoms with Crippen molar-refractivity contribution in [2.24, 2.45) is 5.41 Å². The van der Waals surface area contributed by atoms with Crippen LogP contribution in [-0.4, -0.2) is 24.2 Å². The lowest BCUT2D eigenvalue weighted by Gasteiger charge is -2.37. The van der Waals surface area contributed by atoms with Gasteiger partial charge in [0, 0.05) is 13.1 Å². The SMILES string of the molecule is CC1(C(=O)O)CCN(c2ccc(C#N)cc2F)CC1. The fraction of sp³-hybridized carbons (Fsp3) is 0.429. The number of rotatable bonds is 2. The first-order valence-electron chi connectivity index (χ1n) is 6.14. The number of nitrogens with zero attached hydrogens (tertiary/aromatic N) is 2. The second-order valence-corrected chi connectivity index (χ2v) is 5.13. The molecule has 0 spiro atoms. The quantitative estimate of drug-likeness (QED) is 0.888. The van der Waals surface area contributed by atoms with Gasteiger partial charge < -0.3 is 10.0 Å². The topological polar surface area (TPSA) is 64.3 Å². The summed E-state index contributed by atoms with van der Waals surface area (Å²) in [5.41, 5.74) is -0.000358. The lowest BCUT2D eigenvalue weighted by molar-refractivity contribution is -0.149. The normalized spacial score (nSPS) is 17.8. The van der Waals surface area contributed by atoms with Crippen LogP contribution in [0.1, 0.15) is 25.3 Å². The van der Waals surface area contributed by atoms with Crippen molar-refractivity contribution in [3.05, 3.63) is 29.6 Å². The molecule has 0 radical (unpaired) electrons. The standard InChI is InChI=1S/C14H15FN2O2/c1-14(13(18)19)4-6-17(7-5-14)12-3-2-10(9-16)8-11(12)15/h2-3,8H,4-7H2,1H3,(H,18,19). The first-order valence-corrected chi connectivity index (χ1v) is 6.14. The van der Waals surface area contributed by atoms with Crippen LogP contribution in [0.4, 0.5) is 10.1 Å². The number of carbonyl (C=O) groups is 1. The van der Waals surface area contributed by atoms with E-state index in [-0.39, 0.29) is 5.56 Å². The smallest absolute Gasteiger partial charge is 0.309 e. The number of anilines is 1. The highest BCUT2D eigenvalue weighted by atomic mass is 19.1. The van der Waals surface area contributed by atoms with E-state index in [1.807, 2.05) is 11.0 Å². The number of carboxylic acids is 1. The third-order valence-electron chi connectivity index (χ3n) is 3.80. The second-order valence-electron chi connectivity index (χ2n) is 5.13. The van der Waals surface area contributed by atoms with Crippen LogP contribution in [0, 0.1) is 22.6 Å². The number of aliphatic carboxylic acids is 1. The molecule has 5 heteroatoms. The number of hydrogen-bond donors (Lipinski definition) is 1. The predicted molar refractivity (Wildman–Crippen MR) is 68.3 cm³/mol. The van der Waals surface area contributed by atoms with Crippen molar-refractivity contribution in [1.29, 1.82) is 5.26 Å². The lowest BCUT2D eigenvalue weighted by Crippen LogP contribution is -2.43. The molecule has 1 aromatic rings. The Kier molecular flexibility index (Phi) is 3.43. The molecule has 0 saturated carbocycles. The Bertz CT molecular complexity index is 543. The van der Waals surface area contributed by atoms with Gasteiger partial charge >= 0.3 is 5.97 Å². The van der Waals surface area contributed by atoms with Crippen molar-refractivity contribution >= 4 is 11.7 Å². The molecule has 19 heavy (non-hydrogen) atoms. The van der Waals surface area contributed by atoms with Gasteiger partial charge in [0.1, 0.15) is 5.82 Å². The summed E-state index contributed by atoms with van der Waals surface area (Å²) in [4.78, 5) is 13.0. The molecular formula is C14H15FN2O2. The first-order chi connectivity index (χ1) is 8.96. The summed E-state index contributed by atoms with van der Waals surface area (Å²) < 4.78 is 13.9. The molecular weight excluding hydrogens is 247 g/mol. The molecule has 1 aliphatic heterocycles. The molecule has 1 N–H and O–H groups in total. The van der Waals surface area contributed by atoms with Crippen LogP contribution in [0.15, 0.2) is 18.2 Å². The Morgan fingerprint density at radius 1 is 1.47 bits per heavy atom. The van der Waals surface area contributed by atoms with Gasteiger partial charge in [-0.3, -0.25) is 4.79 Å². The van der Waals surface area contributed by atoms with Gasteiger partial charge in [0.2, 0.25) is 0 Å². The summed E-state index contributed by atoms with van der Waals surface area (Å²) in [6, 6.07) is 6.25. The van der Waals surface area contributed by atoms with E-state index >= 15 is 0 Å². The molecule has 100 valence electrons. The van der Waals surface area contributed by atoms with Crippen LogP contribution in [-0.2, 0) is 4.79 Å². The summed E-state index contributed by atoms with van der Waals surface area (Å²) in [6.07, 6.45) is 0.976.